The maximum atomic E-state index is 12.3. The molecule has 0 N–H and O–H groups in total. The van der Waals surface area contributed by atoms with Crippen molar-refractivity contribution in [2.45, 2.75) is 13.0 Å². The van der Waals surface area contributed by atoms with E-state index in [4.69, 9.17) is 0 Å². The average molecular weight is 356 g/mol. The quantitative estimate of drug-likeness (QED) is 0.717. The van der Waals surface area contributed by atoms with Crippen molar-refractivity contribution in [2.75, 3.05) is 0 Å². The third-order valence-corrected chi connectivity index (χ3v) is 3.87. The summed E-state index contributed by atoms with van der Waals surface area (Å²) in [4.78, 5) is 20.5. The highest BCUT2D eigenvalue weighted by molar-refractivity contribution is 9.10. The molecule has 0 atom stereocenters. The number of hydrogen-bond acceptors (Lipinski definition) is 3. The topological polar surface area (TPSA) is 47.8 Å². The lowest BCUT2D eigenvalue weighted by molar-refractivity contribution is 0.674. The van der Waals surface area contributed by atoms with E-state index in [9.17, 15) is 4.79 Å². The van der Waals surface area contributed by atoms with E-state index in [0.717, 1.165) is 16.5 Å². The Bertz CT molecular complexity index is 869. The van der Waals surface area contributed by atoms with Crippen LogP contribution in [0.15, 0.2) is 64.4 Å². The van der Waals surface area contributed by atoms with Crippen molar-refractivity contribution in [2.24, 2.45) is 0 Å². The monoisotopic (exact) mass is 355 g/mol. The van der Waals surface area contributed by atoms with Gasteiger partial charge < -0.3 is 0 Å². The normalized spacial score (nSPS) is 11.3. The second kappa shape index (κ2) is 6.66. The summed E-state index contributed by atoms with van der Waals surface area (Å²) in [7, 11) is 0. The van der Waals surface area contributed by atoms with E-state index in [1.54, 1.807) is 29.4 Å². The van der Waals surface area contributed by atoms with Gasteiger partial charge in [-0.1, -0.05) is 40.2 Å². The zero-order valence-corrected chi connectivity index (χ0v) is 13.4. The molecule has 0 radical (unpaired) electrons. The lowest BCUT2D eigenvalue weighted by Crippen LogP contribution is -2.20. The Morgan fingerprint density at radius 2 is 2.00 bits per heavy atom. The molecule has 0 saturated heterocycles. The molecule has 2 aromatic heterocycles. The Labute approximate surface area is 136 Å². The van der Waals surface area contributed by atoms with Gasteiger partial charge in [-0.2, -0.15) is 0 Å². The van der Waals surface area contributed by atoms with Gasteiger partial charge in [0.2, 0.25) is 0 Å². The Morgan fingerprint density at radius 3 is 2.82 bits per heavy atom. The molecule has 0 saturated carbocycles. The van der Waals surface area contributed by atoms with Crippen molar-refractivity contribution in [3.63, 3.8) is 0 Å². The number of benzene rings is 1. The van der Waals surface area contributed by atoms with Gasteiger partial charge in [-0.05, 0) is 30.2 Å². The van der Waals surface area contributed by atoms with Gasteiger partial charge in [0, 0.05) is 17.2 Å². The maximum Gasteiger partial charge on any atom is 0.261 e. The second-order valence-corrected chi connectivity index (χ2v) is 5.79. The van der Waals surface area contributed by atoms with E-state index >= 15 is 0 Å². The van der Waals surface area contributed by atoms with Gasteiger partial charge in [-0.25, -0.2) is 4.98 Å². The number of hydrogen-bond donors (Lipinski definition) is 0. The molecule has 0 aliphatic carbocycles. The highest BCUT2D eigenvalue weighted by atomic mass is 79.9. The summed E-state index contributed by atoms with van der Waals surface area (Å²) in [5, 5.41) is 0.606. The number of aryl methyl sites for hydroxylation is 1. The molecule has 110 valence electrons. The third kappa shape index (κ3) is 3.31. The number of halogens is 1. The predicted molar refractivity (Wildman–Crippen MR) is 91.6 cm³/mol. The molecule has 0 aliphatic heterocycles. The molecule has 3 rings (SSSR count). The lowest BCUT2D eigenvalue weighted by Gasteiger charge is -2.04. The van der Waals surface area contributed by atoms with Crippen LogP contribution in [-0.4, -0.2) is 14.5 Å². The smallest absolute Gasteiger partial charge is 0.261 e. The van der Waals surface area contributed by atoms with Crippen LogP contribution >= 0.6 is 15.9 Å². The van der Waals surface area contributed by atoms with Gasteiger partial charge in [-0.15, -0.1) is 0 Å². The lowest BCUT2D eigenvalue weighted by atomic mass is 10.2. The van der Waals surface area contributed by atoms with Crippen molar-refractivity contribution in [1.29, 1.82) is 0 Å². The van der Waals surface area contributed by atoms with Gasteiger partial charge in [0.05, 0.1) is 23.4 Å². The minimum Gasteiger partial charge on any atom is -0.298 e. The fourth-order valence-electron chi connectivity index (χ4n) is 2.18. The zero-order valence-electron chi connectivity index (χ0n) is 11.8. The summed E-state index contributed by atoms with van der Waals surface area (Å²) in [5.74, 6) is 0. The molecular weight excluding hydrogens is 342 g/mol. The molecule has 0 fully saturated rings. The number of nitrogens with zero attached hydrogens (tertiary/aromatic N) is 3. The molecule has 0 spiro atoms. The fourth-order valence-corrected chi connectivity index (χ4v) is 2.44. The molecule has 4 nitrogen and oxygen atoms in total. The molecule has 2 heterocycles. The summed E-state index contributed by atoms with van der Waals surface area (Å²) in [6.07, 6.45) is 9.69. The van der Waals surface area contributed by atoms with E-state index in [1.165, 1.54) is 0 Å². The van der Waals surface area contributed by atoms with Gasteiger partial charge in [0.1, 0.15) is 0 Å². The van der Waals surface area contributed by atoms with E-state index in [0.29, 0.717) is 17.4 Å². The standard InChI is InChI=1S/C17H14BrN3O/c18-14-6-4-13(5-7-14)3-1-2-10-21-12-20-16-11-19-9-8-15(16)17(21)22/h1,3-9,11-12H,2,10H2/b3-1+. The first-order valence-electron chi connectivity index (χ1n) is 6.95. The van der Waals surface area contributed by atoms with Crippen LogP contribution in [0.3, 0.4) is 0 Å². The molecule has 0 amide bonds. The van der Waals surface area contributed by atoms with Crippen molar-refractivity contribution in [3.8, 4) is 0 Å². The van der Waals surface area contributed by atoms with Gasteiger partial charge in [0.25, 0.3) is 5.56 Å². The number of allylic oxidation sites excluding steroid dienone is 1. The Balaban J connectivity index is 1.70. The van der Waals surface area contributed by atoms with Crippen LogP contribution in [0.2, 0.25) is 0 Å². The Kier molecular flexibility index (Phi) is 4.44. The SMILES string of the molecule is O=c1c2ccncc2ncn1CC/C=C/c1ccc(Br)cc1. The molecule has 0 unspecified atom stereocenters. The van der Waals surface area contributed by atoms with Crippen LogP contribution in [0.4, 0.5) is 0 Å². The van der Waals surface area contributed by atoms with Crippen molar-refractivity contribution < 1.29 is 0 Å². The average Bonchev–Trinajstić information content (AvgIpc) is 2.55. The predicted octanol–water partition coefficient (Wildman–Crippen LogP) is 3.66. The molecule has 0 aliphatic rings. The fraction of sp³-hybridized carbons (Fsp3) is 0.118. The van der Waals surface area contributed by atoms with E-state index < -0.39 is 0 Å². The van der Waals surface area contributed by atoms with Crippen LogP contribution < -0.4 is 5.56 Å². The molecule has 1 aromatic carbocycles. The van der Waals surface area contributed by atoms with E-state index in [-0.39, 0.29) is 5.56 Å². The highest BCUT2D eigenvalue weighted by Gasteiger charge is 2.02. The molecule has 5 heteroatoms. The summed E-state index contributed by atoms with van der Waals surface area (Å²) in [5.41, 5.74) is 1.75. The molecule has 0 bridgehead atoms. The van der Waals surface area contributed by atoms with Crippen LogP contribution in [0.5, 0.6) is 0 Å². The Morgan fingerprint density at radius 1 is 1.18 bits per heavy atom. The largest absolute Gasteiger partial charge is 0.298 e. The van der Waals surface area contributed by atoms with Crippen LogP contribution in [-0.2, 0) is 6.54 Å². The van der Waals surface area contributed by atoms with E-state index in [2.05, 4.69) is 38.0 Å². The first-order valence-corrected chi connectivity index (χ1v) is 7.74. The zero-order chi connectivity index (χ0) is 15.4. The van der Waals surface area contributed by atoms with Gasteiger partial charge in [-0.3, -0.25) is 14.3 Å². The summed E-state index contributed by atoms with van der Waals surface area (Å²) < 4.78 is 2.70. The van der Waals surface area contributed by atoms with Crippen LogP contribution in [0.1, 0.15) is 12.0 Å². The Hall–Kier alpha value is -2.27. The summed E-state index contributed by atoms with van der Waals surface area (Å²) >= 11 is 3.41. The van der Waals surface area contributed by atoms with E-state index in [1.807, 2.05) is 24.3 Å². The summed E-state index contributed by atoms with van der Waals surface area (Å²) in [6, 6.07) is 9.80. The maximum absolute atomic E-state index is 12.3. The minimum absolute atomic E-state index is 0.0237. The molecule has 3 aromatic rings. The first-order chi connectivity index (χ1) is 10.7. The number of rotatable bonds is 4. The van der Waals surface area contributed by atoms with Gasteiger partial charge >= 0.3 is 0 Å². The van der Waals surface area contributed by atoms with Crippen molar-refractivity contribution >= 4 is 32.9 Å². The highest BCUT2D eigenvalue weighted by Crippen LogP contribution is 2.11. The first kappa shape index (κ1) is 14.7. The van der Waals surface area contributed by atoms with Crippen LogP contribution in [0.25, 0.3) is 17.0 Å². The van der Waals surface area contributed by atoms with Crippen molar-refractivity contribution in [3.05, 3.63) is 75.5 Å². The van der Waals surface area contributed by atoms with Crippen molar-refractivity contribution in [1.82, 2.24) is 14.5 Å². The minimum atomic E-state index is -0.0237. The van der Waals surface area contributed by atoms with Crippen LogP contribution in [0, 0.1) is 0 Å². The molecular formula is C17H14BrN3O. The second-order valence-electron chi connectivity index (χ2n) is 4.88. The number of pyridine rings is 1. The number of fused-ring (bicyclic) bond motifs is 1. The summed E-state index contributed by atoms with van der Waals surface area (Å²) in [6.45, 7) is 0.608. The third-order valence-electron chi connectivity index (χ3n) is 3.34. The van der Waals surface area contributed by atoms with Gasteiger partial charge in [0.15, 0.2) is 0 Å². The molecule has 22 heavy (non-hydrogen) atoms. The number of aromatic nitrogens is 3.